The molecule has 1 fully saturated rings. The minimum absolute atomic E-state index is 0.390. The minimum atomic E-state index is -0.390. The van der Waals surface area contributed by atoms with Crippen molar-refractivity contribution in [1.82, 2.24) is 5.32 Å². The fourth-order valence-electron chi connectivity index (χ4n) is 2.36. The van der Waals surface area contributed by atoms with Gasteiger partial charge in [-0.2, -0.15) is 0 Å². The highest BCUT2D eigenvalue weighted by Crippen LogP contribution is 2.36. The first kappa shape index (κ1) is 13.6. The van der Waals surface area contributed by atoms with E-state index in [0.29, 0.717) is 12.5 Å². The van der Waals surface area contributed by atoms with Crippen LogP contribution in [0.15, 0.2) is 24.3 Å². The third kappa shape index (κ3) is 3.56. The number of nitrogens with one attached hydrogen (secondary N) is 1. The number of aliphatic hydroxyl groups is 1. The zero-order chi connectivity index (χ0) is 13.0. The van der Waals surface area contributed by atoms with E-state index >= 15 is 0 Å². The van der Waals surface area contributed by atoms with Crippen molar-refractivity contribution in [1.29, 1.82) is 0 Å². The van der Waals surface area contributed by atoms with E-state index in [1.807, 2.05) is 0 Å². The van der Waals surface area contributed by atoms with Gasteiger partial charge in [-0.15, -0.1) is 0 Å². The van der Waals surface area contributed by atoms with E-state index in [1.165, 1.54) is 24.8 Å². The molecule has 100 valence electrons. The Bertz CT molecular complexity index is 354. The van der Waals surface area contributed by atoms with E-state index < -0.39 is 0 Å². The fourth-order valence-corrected chi connectivity index (χ4v) is 2.36. The normalized spacial score (nSPS) is 17.8. The van der Waals surface area contributed by atoms with Crippen molar-refractivity contribution in [3.8, 4) is 0 Å². The Morgan fingerprint density at radius 2 is 1.83 bits per heavy atom. The van der Waals surface area contributed by atoms with Crippen molar-refractivity contribution in [2.75, 3.05) is 13.1 Å². The molecule has 2 rings (SSSR count). The van der Waals surface area contributed by atoms with Gasteiger partial charge in [-0.25, -0.2) is 0 Å². The molecule has 1 atom stereocenters. The first-order valence-corrected chi connectivity index (χ1v) is 7.15. The number of hydrogen-bond donors (Lipinski definition) is 2. The third-order valence-electron chi connectivity index (χ3n) is 3.79. The highest BCUT2D eigenvalue weighted by atomic mass is 16.3. The van der Waals surface area contributed by atoms with Gasteiger partial charge in [-0.05, 0) is 42.3 Å². The largest absolute Gasteiger partial charge is 0.387 e. The van der Waals surface area contributed by atoms with E-state index in [-0.39, 0.29) is 6.10 Å². The molecule has 0 aliphatic heterocycles. The summed E-state index contributed by atoms with van der Waals surface area (Å²) in [4.78, 5) is 0. The number of rotatable bonds is 6. The highest BCUT2D eigenvalue weighted by Gasteiger charge is 2.19. The molecule has 0 spiro atoms. The van der Waals surface area contributed by atoms with Crippen LogP contribution in [0.5, 0.6) is 0 Å². The van der Waals surface area contributed by atoms with Gasteiger partial charge in [0, 0.05) is 6.54 Å². The molecular formula is C16H25NO. The van der Waals surface area contributed by atoms with Crippen molar-refractivity contribution < 1.29 is 5.11 Å². The van der Waals surface area contributed by atoms with Crippen LogP contribution in [-0.2, 0) is 0 Å². The van der Waals surface area contributed by atoms with Crippen LogP contribution < -0.4 is 5.32 Å². The second-order valence-corrected chi connectivity index (χ2v) is 5.86. The summed E-state index contributed by atoms with van der Waals surface area (Å²) in [5, 5.41) is 13.4. The smallest absolute Gasteiger partial charge is 0.0914 e. The molecule has 0 heterocycles. The molecule has 1 aliphatic rings. The molecule has 0 radical (unpaired) electrons. The van der Waals surface area contributed by atoms with Crippen molar-refractivity contribution >= 4 is 0 Å². The summed E-state index contributed by atoms with van der Waals surface area (Å²) in [5.41, 5.74) is 2.46. The van der Waals surface area contributed by atoms with Gasteiger partial charge >= 0.3 is 0 Å². The Balaban J connectivity index is 1.84. The summed E-state index contributed by atoms with van der Waals surface area (Å²) < 4.78 is 0. The van der Waals surface area contributed by atoms with Crippen LogP contribution >= 0.6 is 0 Å². The Labute approximate surface area is 110 Å². The first-order chi connectivity index (χ1) is 8.66. The molecule has 1 aliphatic carbocycles. The van der Waals surface area contributed by atoms with Crippen LogP contribution in [0.4, 0.5) is 0 Å². The molecule has 1 saturated carbocycles. The topological polar surface area (TPSA) is 32.3 Å². The average molecular weight is 247 g/mol. The van der Waals surface area contributed by atoms with Crippen LogP contribution in [0.3, 0.4) is 0 Å². The second kappa shape index (κ2) is 6.35. The predicted octanol–water partition coefficient (Wildman–Crippen LogP) is 3.23. The lowest BCUT2D eigenvalue weighted by atomic mass is 9.80. The van der Waals surface area contributed by atoms with Gasteiger partial charge in [0.15, 0.2) is 0 Å². The molecule has 0 saturated heterocycles. The maximum Gasteiger partial charge on any atom is 0.0914 e. The molecule has 0 aromatic heterocycles. The Morgan fingerprint density at radius 1 is 1.17 bits per heavy atom. The summed E-state index contributed by atoms with van der Waals surface area (Å²) >= 11 is 0. The summed E-state index contributed by atoms with van der Waals surface area (Å²) in [6, 6.07) is 8.53. The number of hydrogen-bond acceptors (Lipinski definition) is 2. The molecule has 1 unspecified atom stereocenters. The molecule has 2 nitrogen and oxygen atoms in total. The van der Waals surface area contributed by atoms with Crippen LogP contribution in [0.2, 0.25) is 0 Å². The molecule has 1 aromatic carbocycles. The number of benzene rings is 1. The van der Waals surface area contributed by atoms with Crippen molar-refractivity contribution in [3.05, 3.63) is 35.4 Å². The molecule has 2 N–H and O–H groups in total. The third-order valence-corrected chi connectivity index (χ3v) is 3.79. The fraction of sp³-hybridized carbons (Fsp3) is 0.625. The van der Waals surface area contributed by atoms with Crippen LogP contribution in [0.25, 0.3) is 0 Å². The van der Waals surface area contributed by atoms with Crippen molar-refractivity contribution in [2.45, 2.75) is 45.1 Å². The number of aliphatic hydroxyl groups excluding tert-OH is 1. The van der Waals surface area contributed by atoms with E-state index in [9.17, 15) is 5.11 Å². The summed E-state index contributed by atoms with van der Waals surface area (Å²) in [5.74, 6) is 1.40. The molecule has 0 amide bonds. The van der Waals surface area contributed by atoms with E-state index in [4.69, 9.17) is 0 Å². The Morgan fingerprint density at radius 3 is 2.33 bits per heavy atom. The molecule has 2 heteroatoms. The quantitative estimate of drug-likeness (QED) is 0.809. The van der Waals surface area contributed by atoms with Gasteiger partial charge in [0.25, 0.3) is 0 Å². The SMILES string of the molecule is CC(C)CNCC(O)c1ccc(C2CCC2)cc1. The zero-order valence-electron chi connectivity index (χ0n) is 11.5. The van der Waals surface area contributed by atoms with Gasteiger partial charge in [-0.3, -0.25) is 0 Å². The molecule has 18 heavy (non-hydrogen) atoms. The van der Waals surface area contributed by atoms with E-state index in [2.05, 4.69) is 43.4 Å². The highest BCUT2D eigenvalue weighted by molar-refractivity contribution is 5.27. The lowest BCUT2D eigenvalue weighted by Crippen LogP contribution is -2.25. The molecule has 0 bridgehead atoms. The Hall–Kier alpha value is -0.860. The summed E-state index contributed by atoms with van der Waals surface area (Å²) in [7, 11) is 0. The monoisotopic (exact) mass is 247 g/mol. The van der Waals surface area contributed by atoms with Crippen LogP contribution in [-0.4, -0.2) is 18.2 Å². The second-order valence-electron chi connectivity index (χ2n) is 5.86. The molecular weight excluding hydrogens is 222 g/mol. The van der Waals surface area contributed by atoms with Crippen LogP contribution in [0, 0.1) is 5.92 Å². The van der Waals surface area contributed by atoms with Crippen molar-refractivity contribution in [3.63, 3.8) is 0 Å². The summed E-state index contributed by atoms with van der Waals surface area (Å²) in [6.07, 6.45) is 3.64. The summed E-state index contributed by atoms with van der Waals surface area (Å²) in [6.45, 7) is 5.94. The van der Waals surface area contributed by atoms with E-state index in [1.54, 1.807) is 0 Å². The average Bonchev–Trinajstić information content (AvgIpc) is 2.27. The van der Waals surface area contributed by atoms with Gasteiger partial charge in [0.1, 0.15) is 0 Å². The zero-order valence-corrected chi connectivity index (χ0v) is 11.5. The van der Waals surface area contributed by atoms with Crippen molar-refractivity contribution in [2.24, 2.45) is 5.92 Å². The van der Waals surface area contributed by atoms with Gasteiger partial charge in [-0.1, -0.05) is 44.5 Å². The van der Waals surface area contributed by atoms with Gasteiger partial charge < -0.3 is 10.4 Å². The standard InChI is InChI=1S/C16H25NO/c1-12(2)10-17-11-16(18)15-8-6-14(7-9-15)13-4-3-5-13/h6-9,12-13,16-18H,3-5,10-11H2,1-2H3. The Kier molecular flexibility index (Phi) is 4.79. The van der Waals surface area contributed by atoms with Crippen LogP contribution in [0.1, 0.15) is 56.3 Å². The predicted molar refractivity (Wildman–Crippen MR) is 75.7 cm³/mol. The molecule has 1 aromatic rings. The van der Waals surface area contributed by atoms with E-state index in [0.717, 1.165) is 18.0 Å². The minimum Gasteiger partial charge on any atom is -0.387 e. The lowest BCUT2D eigenvalue weighted by molar-refractivity contribution is 0.173. The van der Waals surface area contributed by atoms with Gasteiger partial charge in [0.2, 0.25) is 0 Å². The first-order valence-electron chi connectivity index (χ1n) is 7.15. The van der Waals surface area contributed by atoms with Gasteiger partial charge in [0.05, 0.1) is 6.10 Å². The maximum atomic E-state index is 10.1. The maximum absolute atomic E-state index is 10.1. The lowest BCUT2D eigenvalue weighted by Gasteiger charge is -2.26.